The number of ether oxygens (including phenoxy) is 1. The maximum absolute atomic E-state index is 11.8. The van der Waals surface area contributed by atoms with E-state index in [4.69, 9.17) is 4.74 Å². The fourth-order valence-electron chi connectivity index (χ4n) is 3.69. The van der Waals surface area contributed by atoms with Crippen molar-refractivity contribution in [1.29, 1.82) is 0 Å². The van der Waals surface area contributed by atoms with Crippen molar-refractivity contribution in [1.82, 2.24) is 4.90 Å². The molecule has 19 heavy (non-hydrogen) atoms. The number of carbonyl (C=O) groups is 1. The first-order chi connectivity index (χ1) is 9.02. The summed E-state index contributed by atoms with van der Waals surface area (Å²) >= 11 is 0. The third-order valence-electron chi connectivity index (χ3n) is 4.54. The first-order valence-electron chi connectivity index (χ1n) is 7.63. The maximum atomic E-state index is 11.8. The molecule has 0 spiro atoms. The van der Waals surface area contributed by atoms with Crippen LogP contribution >= 0.6 is 0 Å². The van der Waals surface area contributed by atoms with Gasteiger partial charge in [-0.25, -0.2) is 0 Å². The second kappa shape index (κ2) is 6.23. The molecule has 0 aromatic carbocycles. The first kappa shape index (κ1) is 14.8. The highest BCUT2D eigenvalue weighted by molar-refractivity contribution is 5.75. The molecule has 0 bridgehead atoms. The molecule has 0 amide bonds. The molecule has 1 saturated carbocycles. The Bertz CT molecular complexity index is 301. The summed E-state index contributed by atoms with van der Waals surface area (Å²) in [7, 11) is 0. The van der Waals surface area contributed by atoms with Gasteiger partial charge < -0.3 is 9.84 Å². The zero-order valence-corrected chi connectivity index (χ0v) is 12.2. The molecule has 4 heteroatoms. The van der Waals surface area contributed by atoms with Crippen molar-refractivity contribution in [2.24, 2.45) is 5.41 Å². The van der Waals surface area contributed by atoms with Gasteiger partial charge in [0, 0.05) is 19.6 Å². The van der Waals surface area contributed by atoms with Crippen LogP contribution in [0.15, 0.2) is 0 Å². The van der Waals surface area contributed by atoms with E-state index in [0.717, 1.165) is 38.8 Å². The SMILES string of the molecule is C[C@@H]1CN(CC2(C(=O)O)CCCCCC2)C[C@H](C)O1. The van der Waals surface area contributed by atoms with E-state index in [1.165, 1.54) is 12.8 Å². The number of morpholine rings is 1. The van der Waals surface area contributed by atoms with Crippen LogP contribution in [-0.4, -0.2) is 47.8 Å². The first-order valence-corrected chi connectivity index (χ1v) is 7.63. The van der Waals surface area contributed by atoms with Crippen molar-refractivity contribution < 1.29 is 14.6 Å². The molecule has 1 aliphatic heterocycles. The normalized spacial score (nSPS) is 32.7. The van der Waals surface area contributed by atoms with E-state index in [1.54, 1.807) is 0 Å². The minimum Gasteiger partial charge on any atom is -0.481 e. The van der Waals surface area contributed by atoms with Gasteiger partial charge in [-0.15, -0.1) is 0 Å². The Morgan fingerprint density at radius 3 is 2.16 bits per heavy atom. The van der Waals surface area contributed by atoms with Gasteiger partial charge in [-0.2, -0.15) is 0 Å². The van der Waals surface area contributed by atoms with E-state index in [9.17, 15) is 9.90 Å². The predicted molar refractivity (Wildman–Crippen MR) is 74.2 cm³/mol. The van der Waals surface area contributed by atoms with Gasteiger partial charge in [-0.05, 0) is 26.7 Å². The molecule has 1 aliphatic carbocycles. The highest BCUT2D eigenvalue weighted by atomic mass is 16.5. The molecular weight excluding hydrogens is 242 g/mol. The minimum atomic E-state index is -0.596. The van der Waals surface area contributed by atoms with Gasteiger partial charge in [0.1, 0.15) is 0 Å². The van der Waals surface area contributed by atoms with Crippen LogP contribution in [0.5, 0.6) is 0 Å². The van der Waals surface area contributed by atoms with E-state index in [2.05, 4.69) is 18.7 Å². The summed E-state index contributed by atoms with van der Waals surface area (Å²) in [5, 5.41) is 9.72. The van der Waals surface area contributed by atoms with Crippen molar-refractivity contribution in [3.05, 3.63) is 0 Å². The second-order valence-electron chi connectivity index (χ2n) is 6.45. The number of aliphatic carboxylic acids is 1. The molecule has 4 nitrogen and oxygen atoms in total. The zero-order chi connectivity index (χ0) is 13.9. The molecule has 0 aromatic rings. The van der Waals surface area contributed by atoms with Crippen molar-refractivity contribution >= 4 is 5.97 Å². The van der Waals surface area contributed by atoms with Crippen LogP contribution in [0.25, 0.3) is 0 Å². The monoisotopic (exact) mass is 269 g/mol. The summed E-state index contributed by atoms with van der Waals surface area (Å²) in [5.74, 6) is -0.596. The summed E-state index contributed by atoms with van der Waals surface area (Å²) in [6.45, 7) is 6.56. The summed E-state index contributed by atoms with van der Waals surface area (Å²) in [5.41, 5.74) is -0.521. The smallest absolute Gasteiger partial charge is 0.310 e. The third kappa shape index (κ3) is 3.69. The second-order valence-corrected chi connectivity index (χ2v) is 6.45. The molecule has 0 radical (unpaired) electrons. The number of nitrogens with zero attached hydrogens (tertiary/aromatic N) is 1. The minimum absolute atomic E-state index is 0.209. The van der Waals surface area contributed by atoms with Crippen LogP contribution in [0.3, 0.4) is 0 Å². The van der Waals surface area contributed by atoms with E-state index in [1.807, 2.05) is 0 Å². The fraction of sp³-hybridized carbons (Fsp3) is 0.933. The lowest BCUT2D eigenvalue weighted by molar-refractivity contribution is -0.153. The van der Waals surface area contributed by atoms with Crippen molar-refractivity contribution in [2.45, 2.75) is 64.6 Å². The van der Waals surface area contributed by atoms with Gasteiger partial charge >= 0.3 is 5.97 Å². The van der Waals surface area contributed by atoms with E-state index < -0.39 is 11.4 Å². The topological polar surface area (TPSA) is 49.8 Å². The lowest BCUT2D eigenvalue weighted by Crippen LogP contribution is -2.51. The predicted octanol–water partition coefficient (Wildman–Crippen LogP) is 2.52. The Hall–Kier alpha value is -0.610. The van der Waals surface area contributed by atoms with Gasteiger partial charge in [0.05, 0.1) is 17.6 Å². The molecule has 110 valence electrons. The Morgan fingerprint density at radius 1 is 1.16 bits per heavy atom. The van der Waals surface area contributed by atoms with Gasteiger partial charge in [-0.3, -0.25) is 9.69 Å². The molecule has 1 heterocycles. The number of hydrogen-bond donors (Lipinski definition) is 1. The standard InChI is InChI=1S/C15H27NO3/c1-12-9-16(10-13(2)19-12)11-15(14(17)18)7-5-3-4-6-8-15/h12-13H,3-11H2,1-2H3,(H,17,18)/t12-,13+. The number of carboxylic acids is 1. The van der Waals surface area contributed by atoms with Crippen LogP contribution in [0.2, 0.25) is 0 Å². The van der Waals surface area contributed by atoms with Gasteiger partial charge in [0.25, 0.3) is 0 Å². The summed E-state index contributed by atoms with van der Waals surface area (Å²) in [6, 6.07) is 0. The highest BCUT2D eigenvalue weighted by Crippen LogP contribution is 2.36. The molecule has 2 aliphatic rings. The Labute approximate surface area is 116 Å². The van der Waals surface area contributed by atoms with Crippen LogP contribution in [0.1, 0.15) is 52.4 Å². The van der Waals surface area contributed by atoms with E-state index in [0.29, 0.717) is 6.54 Å². The average Bonchev–Trinajstić information content (AvgIpc) is 2.54. The van der Waals surface area contributed by atoms with Crippen LogP contribution < -0.4 is 0 Å². The maximum Gasteiger partial charge on any atom is 0.310 e. The number of carboxylic acid groups (broad SMARTS) is 1. The highest BCUT2D eigenvalue weighted by Gasteiger charge is 2.41. The number of rotatable bonds is 3. The fourth-order valence-corrected chi connectivity index (χ4v) is 3.69. The number of hydrogen-bond acceptors (Lipinski definition) is 3. The molecule has 0 aromatic heterocycles. The Morgan fingerprint density at radius 2 is 1.68 bits per heavy atom. The molecule has 1 saturated heterocycles. The van der Waals surface area contributed by atoms with Crippen molar-refractivity contribution in [2.75, 3.05) is 19.6 Å². The van der Waals surface area contributed by atoms with Gasteiger partial charge in [-0.1, -0.05) is 25.7 Å². The quantitative estimate of drug-likeness (QED) is 0.800. The van der Waals surface area contributed by atoms with E-state index >= 15 is 0 Å². The van der Waals surface area contributed by atoms with Crippen LogP contribution in [-0.2, 0) is 9.53 Å². The summed E-state index contributed by atoms with van der Waals surface area (Å²) in [4.78, 5) is 14.1. The van der Waals surface area contributed by atoms with Crippen molar-refractivity contribution in [3.8, 4) is 0 Å². The Kier molecular flexibility index (Phi) is 4.85. The lowest BCUT2D eigenvalue weighted by Gasteiger charge is -2.40. The zero-order valence-electron chi connectivity index (χ0n) is 12.2. The average molecular weight is 269 g/mol. The van der Waals surface area contributed by atoms with Gasteiger partial charge in [0.2, 0.25) is 0 Å². The van der Waals surface area contributed by atoms with Crippen LogP contribution in [0.4, 0.5) is 0 Å². The lowest BCUT2D eigenvalue weighted by atomic mass is 9.79. The molecule has 2 fully saturated rings. The van der Waals surface area contributed by atoms with Gasteiger partial charge in [0.15, 0.2) is 0 Å². The molecule has 1 N–H and O–H groups in total. The molecule has 0 unspecified atom stereocenters. The largest absolute Gasteiger partial charge is 0.481 e. The van der Waals surface area contributed by atoms with Crippen molar-refractivity contribution in [3.63, 3.8) is 0 Å². The molecule has 2 rings (SSSR count). The summed E-state index contributed by atoms with van der Waals surface area (Å²) in [6.07, 6.45) is 6.57. The summed E-state index contributed by atoms with van der Waals surface area (Å²) < 4.78 is 5.73. The Balaban J connectivity index is 2.05. The third-order valence-corrected chi connectivity index (χ3v) is 4.54. The van der Waals surface area contributed by atoms with Crippen LogP contribution in [0, 0.1) is 5.41 Å². The molecular formula is C15H27NO3. The molecule has 2 atom stereocenters. The van der Waals surface area contributed by atoms with E-state index in [-0.39, 0.29) is 12.2 Å².